The Morgan fingerprint density at radius 3 is 2.72 bits per heavy atom. The molecular formula is C23H25N5O. The summed E-state index contributed by atoms with van der Waals surface area (Å²) >= 11 is 0. The highest BCUT2D eigenvalue weighted by atomic mass is 16.2. The van der Waals surface area contributed by atoms with Crippen LogP contribution < -0.4 is 5.32 Å². The monoisotopic (exact) mass is 387 g/mol. The van der Waals surface area contributed by atoms with Crippen LogP contribution in [0.5, 0.6) is 0 Å². The number of aromatic nitrogens is 3. The quantitative estimate of drug-likeness (QED) is 0.723. The molecule has 1 atom stereocenters. The molecule has 6 nitrogen and oxygen atoms in total. The van der Waals surface area contributed by atoms with Crippen LogP contribution in [0, 0.1) is 0 Å². The minimum absolute atomic E-state index is 0.0735. The summed E-state index contributed by atoms with van der Waals surface area (Å²) in [6, 6.07) is 14.3. The van der Waals surface area contributed by atoms with E-state index < -0.39 is 0 Å². The molecule has 0 saturated carbocycles. The molecule has 1 unspecified atom stereocenters. The van der Waals surface area contributed by atoms with E-state index in [0.717, 1.165) is 35.6 Å². The van der Waals surface area contributed by atoms with E-state index in [4.69, 9.17) is 9.97 Å². The minimum Gasteiger partial charge on any atom is -0.369 e. The Balaban J connectivity index is 1.65. The molecule has 2 aromatic heterocycles. The molecule has 6 heteroatoms. The van der Waals surface area contributed by atoms with E-state index in [1.165, 1.54) is 5.56 Å². The fourth-order valence-electron chi connectivity index (χ4n) is 3.62. The van der Waals surface area contributed by atoms with Crippen molar-refractivity contribution in [2.45, 2.75) is 32.7 Å². The number of fused-ring (bicyclic) bond motifs is 1. The van der Waals surface area contributed by atoms with Crippen molar-refractivity contribution in [3.05, 3.63) is 71.7 Å². The van der Waals surface area contributed by atoms with Crippen LogP contribution in [0.4, 0.5) is 5.82 Å². The first-order valence-electron chi connectivity index (χ1n) is 9.96. The fourth-order valence-corrected chi connectivity index (χ4v) is 3.62. The zero-order valence-corrected chi connectivity index (χ0v) is 16.8. The third-order valence-corrected chi connectivity index (χ3v) is 5.37. The lowest BCUT2D eigenvalue weighted by Crippen LogP contribution is -2.35. The first-order chi connectivity index (χ1) is 14.1. The van der Waals surface area contributed by atoms with Gasteiger partial charge >= 0.3 is 0 Å². The second-order valence-electron chi connectivity index (χ2n) is 7.45. The van der Waals surface area contributed by atoms with Crippen LogP contribution in [-0.4, -0.2) is 38.8 Å². The Kier molecular flexibility index (Phi) is 5.51. The molecule has 1 aliphatic rings. The van der Waals surface area contributed by atoms with Gasteiger partial charge in [0, 0.05) is 43.5 Å². The maximum absolute atomic E-state index is 11.9. The van der Waals surface area contributed by atoms with Gasteiger partial charge in [-0.3, -0.25) is 9.78 Å². The highest BCUT2D eigenvalue weighted by Gasteiger charge is 2.24. The summed E-state index contributed by atoms with van der Waals surface area (Å²) in [6.07, 6.45) is 4.26. The molecule has 0 spiro atoms. The average molecular weight is 387 g/mol. The van der Waals surface area contributed by atoms with Gasteiger partial charge in [-0.05, 0) is 30.0 Å². The first-order valence-corrected chi connectivity index (χ1v) is 9.96. The summed E-state index contributed by atoms with van der Waals surface area (Å²) in [5.74, 6) is 1.92. The van der Waals surface area contributed by atoms with Gasteiger partial charge in [-0.2, -0.15) is 0 Å². The van der Waals surface area contributed by atoms with Gasteiger partial charge in [-0.25, -0.2) is 9.97 Å². The summed E-state index contributed by atoms with van der Waals surface area (Å²) in [5, 5.41) is 3.55. The Morgan fingerprint density at radius 2 is 2.00 bits per heavy atom. The number of carbonyl (C=O) groups is 1. The second kappa shape index (κ2) is 8.39. The number of hydrogen-bond acceptors (Lipinski definition) is 5. The molecule has 3 aromatic rings. The van der Waals surface area contributed by atoms with E-state index >= 15 is 0 Å². The van der Waals surface area contributed by atoms with Crippen molar-refractivity contribution in [3.63, 3.8) is 0 Å². The van der Waals surface area contributed by atoms with Crippen molar-refractivity contribution in [2.75, 3.05) is 18.4 Å². The second-order valence-corrected chi connectivity index (χ2v) is 7.45. The number of pyridine rings is 1. The average Bonchev–Trinajstić information content (AvgIpc) is 2.77. The topological polar surface area (TPSA) is 71.0 Å². The van der Waals surface area contributed by atoms with Crippen molar-refractivity contribution in [2.24, 2.45) is 0 Å². The lowest BCUT2D eigenvalue weighted by atomic mass is 10.0. The molecule has 4 rings (SSSR count). The van der Waals surface area contributed by atoms with Crippen LogP contribution in [0.15, 0.2) is 54.9 Å². The molecule has 0 fully saturated rings. The number of nitrogens with zero attached hydrogens (tertiary/aromatic N) is 4. The van der Waals surface area contributed by atoms with Gasteiger partial charge < -0.3 is 10.2 Å². The van der Waals surface area contributed by atoms with E-state index in [0.29, 0.717) is 24.8 Å². The van der Waals surface area contributed by atoms with E-state index in [1.807, 2.05) is 23.1 Å². The Labute approximate surface area is 171 Å². The molecule has 0 saturated heterocycles. The smallest absolute Gasteiger partial charge is 0.219 e. The number of carbonyl (C=O) groups excluding carboxylic acids is 1. The summed E-state index contributed by atoms with van der Waals surface area (Å²) in [6.45, 7) is 5.80. The van der Waals surface area contributed by atoms with Gasteiger partial charge in [-0.1, -0.05) is 37.3 Å². The third-order valence-electron chi connectivity index (χ3n) is 5.37. The Bertz CT molecular complexity index is 991. The zero-order valence-electron chi connectivity index (χ0n) is 16.8. The van der Waals surface area contributed by atoms with Crippen LogP contribution in [-0.2, 0) is 17.8 Å². The number of anilines is 1. The maximum Gasteiger partial charge on any atom is 0.219 e. The van der Waals surface area contributed by atoms with E-state index in [2.05, 4.69) is 41.5 Å². The molecular weight excluding hydrogens is 362 g/mol. The third kappa shape index (κ3) is 4.26. The largest absolute Gasteiger partial charge is 0.369 e. The summed E-state index contributed by atoms with van der Waals surface area (Å²) < 4.78 is 0. The van der Waals surface area contributed by atoms with Crippen molar-refractivity contribution >= 4 is 11.7 Å². The van der Waals surface area contributed by atoms with Gasteiger partial charge in [0.1, 0.15) is 5.82 Å². The van der Waals surface area contributed by atoms with Crippen LogP contribution in [0.3, 0.4) is 0 Å². The molecule has 1 aliphatic heterocycles. The molecule has 148 valence electrons. The SMILES string of the molecule is CC(=O)N1CCc2c(nc(-c3cccnc3)nc2NCC(C)c2ccccc2)C1. The molecule has 0 radical (unpaired) electrons. The van der Waals surface area contributed by atoms with Crippen molar-refractivity contribution < 1.29 is 4.79 Å². The highest BCUT2D eigenvalue weighted by Crippen LogP contribution is 2.28. The minimum atomic E-state index is 0.0735. The van der Waals surface area contributed by atoms with E-state index in [1.54, 1.807) is 19.3 Å². The zero-order chi connectivity index (χ0) is 20.2. The molecule has 1 N–H and O–H groups in total. The highest BCUT2D eigenvalue weighted by molar-refractivity contribution is 5.74. The standard InChI is InChI=1S/C23H25N5O/c1-16(18-7-4-3-5-8-18)13-25-23-20-10-12-28(17(2)29)15-21(20)26-22(27-23)19-9-6-11-24-14-19/h3-9,11,14,16H,10,12-13,15H2,1-2H3,(H,25,26,27). The van der Waals surface area contributed by atoms with Crippen LogP contribution in [0.1, 0.15) is 36.6 Å². The molecule has 29 heavy (non-hydrogen) atoms. The van der Waals surface area contributed by atoms with Gasteiger partial charge in [0.25, 0.3) is 0 Å². The number of benzene rings is 1. The lowest BCUT2D eigenvalue weighted by Gasteiger charge is -2.29. The maximum atomic E-state index is 11.9. The van der Waals surface area contributed by atoms with E-state index in [-0.39, 0.29) is 5.91 Å². The van der Waals surface area contributed by atoms with Gasteiger partial charge in [0.05, 0.1) is 12.2 Å². The fraction of sp³-hybridized carbons (Fsp3) is 0.304. The van der Waals surface area contributed by atoms with Gasteiger partial charge in [-0.15, -0.1) is 0 Å². The number of hydrogen-bond donors (Lipinski definition) is 1. The van der Waals surface area contributed by atoms with Gasteiger partial charge in [0.15, 0.2) is 5.82 Å². The molecule has 0 bridgehead atoms. The molecule has 1 aromatic carbocycles. The number of amides is 1. The summed E-state index contributed by atoms with van der Waals surface area (Å²) in [7, 11) is 0. The van der Waals surface area contributed by atoms with Crippen LogP contribution >= 0.6 is 0 Å². The summed E-state index contributed by atoms with van der Waals surface area (Å²) in [5.41, 5.74) is 4.18. The predicted molar refractivity (Wildman–Crippen MR) is 113 cm³/mol. The Hall–Kier alpha value is -3.28. The van der Waals surface area contributed by atoms with E-state index in [9.17, 15) is 4.79 Å². The number of nitrogens with one attached hydrogen (secondary N) is 1. The summed E-state index contributed by atoms with van der Waals surface area (Å²) in [4.78, 5) is 27.5. The van der Waals surface area contributed by atoms with Gasteiger partial charge in [0.2, 0.25) is 5.91 Å². The molecule has 1 amide bonds. The Morgan fingerprint density at radius 1 is 1.17 bits per heavy atom. The van der Waals surface area contributed by atoms with Crippen molar-refractivity contribution in [3.8, 4) is 11.4 Å². The molecule has 3 heterocycles. The lowest BCUT2D eigenvalue weighted by molar-refractivity contribution is -0.129. The molecule has 0 aliphatic carbocycles. The predicted octanol–water partition coefficient (Wildman–Crippen LogP) is 3.66. The normalized spacial score (nSPS) is 14.2. The van der Waals surface area contributed by atoms with Crippen LogP contribution in [0.2, 0.25) is 0 Å². The first kappa shape index (κ1) is 19.1. The number of rotatable bonds is 5. The van der Waals surface area contributed by atoms with Crippen LogP contribution in [0.25, 0.3) is 11.4 Å². The van der Waals surface area contributed by atoms with Crippen molar-refractivity contribution in [1.29, 1.82) is 0 Å². The van der Waals surface area contributed by atoms with Crippen molar-refractivity contribution in [1.82, 2.24) is 19.9 Å².